The van der Waals surface area contributed by atoms with Gasteiger partial charge in [0.1, 0.15) is 5.82 Å². The second-order valence-corrected chi connectivity index (χ2v) is 7.39. The van der Waals surface area contributed by atoms with Crippen LogP contribution in [0.2, 0.25) is 0 Å². The van der Waals surface area contributed by atoms with Gasteiger partial charge in [-0.25, -0.2) is 0 Å². The summed E-state index contributed by atoms with van der Waals surface area (Å²) in [7, 11) is 1.54. The minimum Gasteiger partial charge on any atom is -0.355 e. The molecule has 0 bridgehead atoms. The van der Waals surface area contributed by atoms with E-state index in [1.807, 2.05) is 4.90 Å². The lowest BCUT2D eigenvalue weighted by molar-refractivity contribution is -0.146. The molecule has 1 aliphatic rings. The number of anilines is 2. The number of fused-ring (bicyclic) bond motifs is 1. The molecule has 1 aliphatic heterocycles. The van der Waals surface area contributed by atoms with Crippen LogP contribution in [0.4, 0.5) is 24.7 Å². The van der Waals surface area contributed by atoms with Crippen LogP contribution in [0.5, 0.6) is 0 Å². The quantitative estimate of drug-likeness (QED) is 0.636. The molecule has 1 saturated heterocycles. The zero-order valence-corrected chi connectivity index (χ0v) is 17.1. The first-order chi connectivity index (χ1) is 15.3. The number of nitrogens with one attached hydrogen (secondary N) is 2. The van der Waals surface area contributed by atoms with Gasteiger partial charge in [0.05, 0.1) is 0 Å². The molecule has 3 heterocycles. The largest absolute Gasteiger partial charge is 0.453 e. The maximum absolute atomic E-state index is 13.1. The van der Waals surface area contributed by atoms with Gasteiger partial charge in [0.15, 0.2) is 5.65 Å². The third-order valence-electron chi connectivity index (χ3n) is 5.33. The summed E-state index contributed by atoms with van der Waals surface area (Å²) >= 11 is 0. The lowest BCUT2D eigenvalue weighted by Gasteiger charge is -2.32. The molecule has 168 valence electrons. The summed E-state index contributed by atoms with van der Waals surface area (Å²) in [4.78, 5) is 26.0. The van der Waals surface area contributed by atoms with E-state index in [9.17, 15) is 22.8 Å². The van der Waals surface area contributed by atoms with Gasteiger partial charge in [0.2, 0.25) is 5.91 Å². The van der Waals surface area contributed by atoms with Crippen molar-refractivity contribution >= 4 is 29.0 Å². The molecule has 0 atom stereocenters. The van der Waals surface area contributed by atoms with Crippen LogP contribution in [0.25, 0.3) is 5.65 Å². The summed E-state index contributed by atoms with van der Waals surface area (Å²) in [6.07, 6.45) is -3.61. The number of benzene rings is 1. The number of hydrogen-bond acceptors (Lipinski definition) is 6. The van der Waals surface area contributed by atoms with E-state index < -0.39 is 12.0 Å². The van der Waals surface area contributed by atoms with E-state index in [2.05, 4.69) is 25.9 Å². The summed E-state index contributed by atoms with van der Waals surface area (Å²) in [5, 5.41) is 16.1. The third kappa shape index (κ3) is 4.34. The van der Waals surface area contributed by atoms with E-state index in [0.29, 0.717) is 47.5 Å². The molecule has 0 spiro atoms. The van der Waals surface area contributed by atoms with Crippen molar-refractivity contribution in [1.29, 1.82) is 0 Å². The fourth-order valence-electron chi connectivity index (χ4n) is 3.59. The van der Waals surface area contributed by atoms with E-state index in [0.717, 1.165) is 0 Å². The van der Waals surface area contributed by atoms with Crippen molar-refractivity contribution in [2.45, 2.75) is 19.0 Å². The smallest absolute Gasteiger partial charge is 0.355 e. The zero-order chi connectivity index (χ0) is 22.9. The van der Waals surface area contributed by atoms with Crippen molar-refractivity contribution in [2.75, 3.05) is 30.4 Å². The second kappa shape index (κ2) is 8.44. The van der Waals surface area contributed by atoms with Crippen LogP contribution in [0.1, 0.15) is 29.0 Å². The van der Waals surface area contributed by atoms with Gasteiger partial charge < -0.3 is 15.5 Å². The molecule has 2 amide bonds. The molecule has 12 heteroatoms. The highest BCUT2D eigenvalue weighted by Crippen LogP contribution is 2.29. The highest BCUT2D eigenvalue weighted by molar-refractivity contribution is 5.96. The number of amides is 2. The number of piperidine rings is 1. The topological polar surface area (TPSA) is 105 Å². The first-order valence-electron chi connectivity index (χ1n) is 9.94. The number of carbonyl (C=O) groups excluding carboxylic acids is 2. The molecule has 9 nitrogen and oxygen atoms in total. The second-order valence-electron chi connectivity index (χ2n) is 7.39. The van der Waals surface area contributed by atoms with Crippen LogP contribution in [-0.2, 0) is 11.0 Å². The van der Waals surface area contributed by atoms with Crippen LogP contribution >= 0.6 is 0 Å². The molecule has 2 aromatic heterocycles. The van der Waals surface area contributed by atoms with Gasteiger partial charge in [-0.1, -0.05) is 0 Å². The Balaban J connectivity index is 1.38. The van der Waals surface area contributed by atoms with Crippen LogP contribution < -0.4 is 15.5 Å². The molecule has 0 radical (unpaired) electrons. The number of alkyl halides is 3. The predicted molar refractivity (Wildman–Crippen MR) is 109 cm³/mol. The van der Waals surface area contributed by atoms with Gasteiger partial charge in [-0.2, -0.15) is 17.7 Å². The van der Waals surface area contributed by atoms with Gasteiger partial charge in [0.25, 0.3) is 11.7 Å². The summed E-state index contributed by atoms with van der Waals surface area (Å²) in [5.74, 6) is -1.40. The molecule has 0 aliphatic carbocycles. The Morgan fingerprint density at radius 2 is 1.72 bits per heavy atom. The fourth-order valence-corrected chi connectivity index (χ4v) is 3.59. The number of hydrogen-bond donors (Lipinski definition) is 2. The fraction of sp³-hybridized carbons (Fsp3) is 0.350. The Bertz CT molecular complexity index is 1140. The molecule has 1 fully saturated rings. The van der Waals surface area contributed by atoms with Crippen LogP contribution in [0.3, 0.4) is 0 Å². The van der Waals surface area contributed by atoms with Crippen molar-refractivity contribution in [3.8, 4) is 0 Å². The van der Waals surface area contributed by atoms with Gasteiger partial charge in [-0.15, -0.1) is 15.3 Å². The van der Waals surface area contributed by atoms with Gasteiger partial charge in [-0.3, -0.25) is 9.59 Å². The number of carbonyl (C=O) groups is 2. The minimum absolute atomic E-state index is 0.0118. The number of halogens is 3. The van der Waals surface area contributed by atoms with Gasteiger partial charge in [-0.05, 0) is 49.2 Å². The minimum atomic E-state index is -4.66. The van der Waals surface area contributed by atoms with Crippen molar-refractivity contribution in [1.82, 2.24) is 25.1 Å². The molecule has 3 aromatic rings. The van der Waals surface area contributed by atoms with Crippen LogP contribution in [0, 0.1) is 5.92 Å². The maximum Gasteiger partial charge on any atom is 0.453 e. The molecule has 0 unspecified atom stereocenters. The van der Waals surface area contributed by atoms with Crippen LogP contribution in [-0.4, -0.2) is 51.8 Å². The lowest BCUT2D eigenvalue weighted by atomic mass is 9.95. The SMILES string of the molecule is CNC(=O)c1ccc(NC(=O)C2CCN(c3ccc4nnc(C(F)(F)F)n4n3)CC2)cc1. The van der Waals surface area contributed by atoms with E-state index in [4.69, 9.17) is 0 Å². The third-order valence-corrected chi connectivity index (χ3v) is 5.33. The summed E-state index contributed by atoms with van der Waals surface area (Å²) in [6.45, 7) is 0.936. The Kier molecular flexibility index (Phi) is 5.68. The van der Waals surface area contributed by atoms with Crippen molar-refractivity contribution in [3.63, 3.8) is 0 Å². The summed E-state index contributed by atoms with van der Waals surface area (Å²) in [6, 6.07) is 9.60. The van der Waals surface area contributed by atoms with Crippen molar-refractivity contribution in [2.24, 2.45) is 5.92 Å². The highest BCUT2D eigenvalue weighted by atomic mass is 19.4. The molecule has 1 aromatic carbocycles. The Morgan fingerprint density at radius 1 is 1.03 bits per heavy atom. The Hall–Kier alpha value is -3.70. The summed E-state index contributed by atoms with van der Waals surface area (Å²) in [5.41, 5.74) is 1.09. The van der Waals surface area contributed by atoms with Crippen molar-refractivity contribution < 1.29 is 22.8 Å². The molecular formula is C20H20F3N7O2. The average Bonchev–Trinajstić information content (AvgIpc) is 3.23. The zero-order valence-electron chi connectivity index (χ0n) is 17.1. The lowest BCUT2D eigenvalue weighted by Crippen LogP contribution is -2.38. The van der Waals surface area contributed by atoms with Crippen LogP contribution in [0.15, 0.2) is 36.4 Å². The Labute approximate surface area is 180 Å². The van der Waals surface area contributed by atoms with Crippen molar-refractivity contribution in [3.05, 3.63) is 47.8 Å². The number of aromatic nitrogens is 4. The molecule has 2 N–H and O–H groups in total. The van der Waals surface area contributed by atoms with E-state index in [1.54, 1.807) is 37.4 Å². The number of rotatable bonds is 4. The van der Waals surface area contributed by atoms with E-state index in [1.165, 1.54) is 6.07 Å². The van der Waals surface area contributed by atoms with E-state index >= 15 is 0 Å². The van der Waals surface area contributed by atoms with Gasteiger partial charge >= 0.3 is 6.18 Å². The highest BCUT2D eigenvalue weighted by Gasteiger charge is 2.38. The maximum atomic E-state index is 13.1. The molecule has 4 rings (SSSR count). The van der Waals surface area contributed by atoms with Gasteiger partial charge in [0, 0.05) is 37.3 Å². The summed E-state index contributed by atoms with van der Waals surface area (Å²) < 4.78 is 39.9. The molecule has 32 heavy (non-hydrogen) atoms. The number of nitrogens with zero attached hydrogens (tertiary/aromatic N) is 5. The normalized spacial score (nSPS) is 15.1. The first-order valence-corrected chi connectivity index (χ1v) is 9.94. The standard InChI is InChI=1S/C20H20F3N7O2/c1-24-17(31)12-2-4-14(5-3-12)25-18(32)13-8-10-29(11-9-13)16-7-6-15-26-27-19(20(21,22)23)30(15)28-16/h2-7,13H,8-11H2,1H3,(H,24,31)(H,25,32). The monoisotopic (exact) mass is 447 g/mol. The average molecular weight is 447 g/mol. The molecule has 0 saturated carbocycles. The predicted octanol–water partition coefficient (Wildman–Crippen LogP) is 2.36. The molecular weight excluding hydrogens is 427 g/mol. The van der Waals surface area contributed by atoms with E-state index in [-0.39, 0.29) is 23.4 Å². The first kappa shape index (κ1) is 21.5. The Morgan fingerprint density at radius 3 is 2.34 bits per heavy atom.